The van der Waals surface area contributed by atoms with Crippen LogP contribution >= 0.6 is 34.0 Å². The second-order valence-electron chi connectivity index (χ2n) is 21.6. The van der Waals surface area contributed by atoms with Crippen LogP contribution in [0.4, 0.5) is 0 Å². The molecule has 3 aromatic heterocycles. The summed E-state index contributed by atoms with van der Waals surface area (Å²) in [7, 11) is 0. The number of hydrogen-bond donors (Lipinski definition) is 0. The standard InChI is InChI=1S/C48H66B2S3/c1-43(2,3)31-27-33(45(7,8)9)41(34(28-31)46(10,11)12)49(37-21-19-25-51-37)39-23-24-40(53-39)50(38-22-20-26-52-38)42-35(47(13,14)15)29-32(44(4,5)6)30-36(42)48(16,17)18/h19-30H,1-18H3. The van der Waals surface area contributed by atoms with Gasteiger partial charge in [0, 0.05) is 0 Å². The topological polar surface area (TPSA) is 0 Å². The van der Waals surface area contributed by atoms with E-state index in [1.54, 1.807) is 0 Å². The molecule has 53 heavy (non-hydrogen) atoms. The van der Waals surface area contributed by atoms with E-state index in [4.69, 9.17) is 0 Å². The Morgan fingerprint density at radius 1 is 0.358 bits per heavy atom. The summed E-state index contributed by atoms with van der Waals surface area (Å²) in [6.07, 6.45) is 0. The van der Waals surface area contributed by atoms with Crippen LogP contribution in [0.15, 0.2) is 71.4 Å². The lowest BCUT2D eigenvalue weighted by atomic mass is 9.38. The second kappa shape index (κ2) is 14.3. The van der Waals surface area contributed by atoms with Crippen molar-refractivity contribution in [3.05, 3.63) is 105 Å². The number of thiophene rings is 3. The monoisotopic (exact) mass is 760 g/mol. The molecule has 0 aliphatic carbocycles. The molecule has 0 atom stereocenters. The molecule has 2 aromatic carbocycles. The van der Waals surface area contributed by atoms with Crippen LogP contribution < -0.4 is 30.0 Å². The van der Waals surface area contributed by atoms with Gasteiger partial charge >= 0.3 is 0 Å². The van der Waals surface area contributed by atoms with Crippen LogP contribution in [0.2, 0.25) is 0 Å². The van der Waals surface area contributed by atoms with Gasteiger partial charge in [0.2, 0.25) is 0 Å². The van der Waals surface area contributed by atoms with Crippen molar-refractivity contribution in [2.24, 2.45) is 0 Å². The largest absolute Gasteiger partial charge is 0.266 e. The molecule has 282 valence electrons. The summed E-state index contributed by atoms with van der Waals surface area (Å²) >= 11 is 5.86. The molecule has 0 radical (unpaired) electrons. The predicted molar refractivity (Wildman–Crippen MR) is 247 cm³/mol. The van der Waals surface area contributed by atoms with E-state index >= 15 is 0 Å². The molecule has 0 fully saturated rings. The molecule has 0 saturated carbocycles. The highest BCUT2D eigenvalue weighted by molar-refractivity contribution is 7.41. The fraction of sp³-hybridized carbons (Fsp3) is 0.500. The first-order chi connectivity index (χ1) is 24.1. The SMILES string of the molecule is CC(C)(C)c1cc(C(C)(C)C)c(B(c2cccs2)c2ccc(B(c3cccs3)c3c(C(C)(C)C)cc(C(C)(C)C)cc3C(C)(C)C)s2)c(C(C)(C)C)c1. The van der Waals surface area contributed by atoms with Crippen LogP contribution in [0, 0.1) is 0 Å². The molecule has 0 spiro atoms. The second-order valence-corrected chi connectivity index (χ2v) is 24.7. The summed E-state index contributed by atoms with van der Waals surface area (Å²) in [5, 5.41) is 4.54. The van der Waals surface area contributed by atoms with E-state index in [2.05, 4.69) is 196 Å². The van der Waals surface area contributed by atoms with Gasteiger partial charge in [0.05, 0.1) is 0 Å². The lowest BCUT2D eigenvalue weighted by molar-refractivity contribution is 0.552. The lowest BCUT2D eigenvalue weighted by Crippen LogP contribution is -2.56. The van der Waals surface area contributed by atoms with Gasteiger partial charge in [-0.05, 0) is 95.7 Å². The molecule has 0 saturated heterocycles. The summed E-state index contributed by atoms with van der Waals surface area (Å²) in [5.74, 6) is 0. The number of hydrogen-bond acceptors (Lipinski definition) is 3. The zero-order chi connectivity index (χ0) is 39.7. The Bertz CT molecular complexity index is 1800. The third-order valence-corrected chi connectivity index (χ3v) is 13.9. The minimum absolute atomic E-state index is 0.0241. The van der Waals surface area contributed by atoms with Crippen molar-refractivity contribution in [1.82, 2.24) is 0 Å². The fourth-order valence-corrected chi connectivity index (χ4v) is 10.8. The molecule has 5 heteroatoms. The highest BCUT2D eigenvalue weighted by atomic mass is 32.1. The van der Waals surface area contributed by atoms with Crippen LogP contribution in [0.5, 0.6) is 0 Å². The Kier molecular flexibility index (Phi) is 11.3. The van der Waals surface area contributed by atoms with Crippen molar-refractivity contribution in [3.63, 3.8) is 0 Å². The van der Waals surface area contributed by atoms with Gasteiger partial charge in [0.15, 0.2) is 0 Å². The smallest absolute Gasteiger partial charge is 0.163 e. The molecular formula is C48H66B2S3. The third kappa shape index (κ3) is 8.89. The van der Waals surface area contributed by atoms with Crippen molar-refractivity contribution in [2.75, 3.05) is 0 Å². The van der Waals surface area contributed by atoms with Gasteiger partial charge in [-0.25, -0.2) is 0 Å². The van der Waals surface area contributed by atoms with Gasteiger partial charge in [-0.3, -0.25) is 0 Å². The van der Waals surface area contributed by atoms with E-state index in [1.807, 2.05) is 34.0 Å². The van der Waals surface area contributed by atoms with Crippen LogP contribution in [0.3, 0.4) is 0 Å². The Hall–Kier alpha value is -2.33. The minimum atomic E-state index is -0.0241. The number of benzene rings is 2. The van der Waals surface area contributed by atoms with E-state index in [0.29, 0.717) is 0 Å². The van der Waals surface area contributed by atoms with Gasteiger partial charge in [-0.1, -0.05) is 196 Å². The molecule has 0 amide bonds. The molecule has 0 nitrogen and oxygen atoms in total. The third-order valence-electron chi connectivity index (χ3n) is 10.8. The molecule has 0 bridgehead atoms. The van der Waals surface area contributed by atoms with Crippen molar-refractivity contribution in [3.8, 4) is 0 Å². The Morgan fingerprint density at radius 2 is 0.642 bits per heavy atom. The fourth-order valence-electron chi connectivity index (χ4n) is 7.72. The maximum atomic E-state index is 2.55. The Labute approximate surface area is 337 Å². The summed E-state index contributed by atoms with van der Waals surface area (Å²) in [5.41, 5.74) is 11.8. The maximum Gasteiger partial charge on any atom is 0.266 e. The molecule has 3 heterocycles. The van der Waals surface area contributed by atoms with E-state index < -0.39 is 0 Å². The molecule has 0 N–H and O–H groups in total. The van der Waals surface area contributed by atoms with Crippen LogP contribution in [-0.2, 0) is 32.5 Å². The van der Waals surface area contributed by atoms with E-state index in [9.17, 15) is 0 Å². The van der Waals surface area contributed by atoms with Gasteiger partial charge in [-0.2, -0.15) is 34.0 Å². The van der Waals surface area contributed by atoms with Crippen LogP contribution in [0.25, 0.3) is 0 Å². The normalized spacial score (nSPS) is 13.5. The van der Waals surface area contributed by atoms with Gasteiger partial charge in [0.25, 0.3) is 13.4 Å². The number of rotatable bonds is 6. The lowest BCUT2D eigenvalue weighted by Gasteiger charge is -2.36. The molecule has 5 aromatic rings. The molecular weight excluding hydrogens is 694 g/mol. The van der Waals surface area contributed by atoms with Crippen molar-refractivity contribution in [1.29, 1.82) is 0 Å². The maximum absolute atomic E-state index is 2.55. The highest BCUT2D eigenvalue weighted by Crippen LogP contribution is 2.36. The van der Waals surface area contributed by atoms with Crippen LogP contribution in [-0.4, -0.2) is 13.4 Å². The highest BCUT2D eigenvalue weighted by Gasteiger charge is 2.40. The Balaban J connectivity index is 1.88. The van der Waals surface area contributed by atoms with Crippen LogP contribution in [0.1, 0.15) is 158 Å². The quantitative estimate of drug-likeness (QED) is 0.151. The zero-order valence-electron chi connectivity index (χ0n) is 36.3. The van der Waals surface area contributed by atoms with Crippen molar-refractivity contribution < 1.29 is 0 Å². The van der Waals surface area contributed by atoms with Gasteiger partial charge in [-0.15, -0.1) is 0 Å². The predicted octanol–water partition coefficient (Wildman–Crippen LogP) is 10.7. The first kappa shape index (κ1) is 41.8. The molecule has 0 aliphatic heterocycles. The van der Waals surface area contributed by atoms with Crippen molar-refractivity contribution in [2.45, 2.75) is 157 Å². The zero-order valence-corrected chi connectivity index (χ0v) is 38.8. The summed E-state index contributed by atoms with van der Waals surface area (Å²) < 4.78 is 5.71. The van der Waals surface area contributed by atoms with Gasteiger partial charge in [0.1, 0.15) is 0 Å². The summed E-state index contributed by atoms with van der Waals surface area (Å²) in [4.78, 5) is 0. The molecule has 0 unspecified atom stereocenters. The van der Waals surface area contributed by atoms with E-state index in [-0.39, 0.29) is 45.9 Å². The Morgan fingerprint density at radius 3 is 0.849 bits per heavy atom. The first-order valence-electron chi connectivity index (χ1n) is 19.7. The first-order valence-corrected chi connectivity index (χ1v) is 22.2. The van der Waals surface area contributed by atoms with Gasteiger partial charge < -0.3 is 0 Å². The van der Waals surface area contributed by atoms with Crippen molar-refractivity contribution >= 4 is 77.5 Å². The van der Waals surface area contributed by atoms with E-state index in [1.165, 1.54) is 63.4 Å². The summed E-state index contributed by atoms with van der Waals surface area (Å²) in [6.45, 7) is 43.4. The van der Waals surface area contributed by atoms with E-state index in [0.717, 1.165) is 0 Å². The average molecular weight is 761 g/mol. The summed E-state index contributed by atoms with van der Waals surface area (Å²) in [6, 6.07) is 24.4. The molecule has 5 rings (SSSR count). The minimum Gasteiger partial charge on any atom is -0.163 e. The molecule has 0 aliphatic rings. The average Bonchev–Trinajstić information content (AvgIpc) is 3.79.